The maximum absolute atomic E-state index is 14.8. The van der Waals surface area contributed by atoms with Crippen molar-refractivity contribution in [2.45, 2.75) is 13.8 Å². The van der Waals surface area contributed by atoms with Gasteiger partial charge in [-0.25, -0.2) is 4.39 Å². The van der Waals surface area contributed by atoms with Crippen LogP contribution in [0.5, 0.6) is 11.5 Å². The van der Waals surface area contributed by atoms with Crippen molar-refractivity contribution in [3.63, 3.8) is 0 Å². The quantitative estimate of drug-likeness (QED) is 0.361. The van der Waals surface area contributed by atoms with Crippen LogP contribution in [0, 0.1) is 17.7 Å². The molecule has 0 saturated carbocycles. The molecule has 0 aliphatic carbocycles. The van der Waals surface area contributed by atoms with E-state index >= 15 is 0 Å². The summed E-state index contributed by atoms with van der Waals surface area (Å²) in [5, 5.41) is 2.60. The Morgan fingerprint density at radius 2 is 2.00 bits per heavy atom. The van der Waals surface area contributed by atoms with Gasteiger partial charge in [0.2, 0.25) is 5.56 Å². The molecule has 4 aromatic rings. The number of fused-ring (bicyclic) bond motifs is 1. The van der Waals surface area contributed by atoms with E-state index in [1.807, 2.05) is 6.07 Å². The Kier molecular flexibility index (Phi) is 7.55. The second kappa shape index (κ2) is 11.0. The Hall–Kier alpha value is -4.00. The molecule has 0 unspecified atom stereocenters. The van der Waals surface area contributed by atoms with Gasteiger partial charge in [-0.3, -0.25) is 19.5 Å². The molecule has 3 aromatic heterocycles. The SMILES string of the molecule is CCN(CC)CC#Cc1cc2nccc(Oc3ccc(NC(=O)c4ccc(=O)[nH]c4)cc3F)c2s1. The number of ether oxygens (including phenoxy) is 1. The third-order valence-corrected chi connectivity index (χ3v) is 6.29. The van der Waals surface area contributed by atoms with Crippen LogP contribution in [0.15, 0.2) is 59.7 Å². The molecule has 4 rings (SSSR count). The summed E-state index contributed by atoms with van der Waals surface area (Å²) in [6, 6.07) is 10.4. The Morgan fingerprint density at radius 1 is 1.17 bits per heavy atom. The van der Waals surface area contributed by atoms with E-state index in [1.54, 1.807) is 18.3 Å². The van der Waals surface area contributed by atoms with Gasteiger partial charge in [-0.2, -0.15) is 0 Å². The van der Waals surface area contributed by atoms with E-state index in [1.165, 1.54) is 41.8 Å². The summed E-state index contributed by atoms with van der Waals surface area (Å²) in [7, 11) is 0. The molecule has 9 heteroatoms. The van der Waals surface area contributed by atoms with Crippen LogP contribution in [0.25, 0.3) is 10.2 Å². The average Bonchev–Trinajstić information content (AvgIpc) is 3.28. The lowest BCUT2D eigenvalue weighted by atomic mass is 10.2. The lowest BCUT2D eigenvalue weighted by Gasteiger charge is -2.12. The van der Waals surface area contributed by atoms with E-state index in [2.05, 4.69) is 45.9 Å². The molecule has 0 spiro atoms. The fourth-order valence-electron chi connectivity index (χ4n) is 3.28. The Morgan fingerprint density at radius 3 is 2.71 bits per heavy atom. The zero-order valence-electron chi connectivity index (χ0n) is 19.2. The van der Waals surface area contributed by atoms with Crippen molar-refractivity contribution < 1.29 is 13.9 Å². The lowest BCUT2D eigenvalue weighted by molar-refractivity contribution is 0.102. The predicted molar refractivity (Wildman–Crippen MR) is 136 cm³/mol. The molecule has 2 N–H and O–H groups in total. The van der Waals surface area contributed by atoms with Crippen molar-refractivity contribution in [2.75, 3.05) is 25.0 Å². The van der Waals surface area contributed by atoms with Gasteiger partial charge >= 0.3 is 0 Å². The number of hydrogen-bond acceptors (Lipinski definition) is 6. The zero-order chi connectivity index (χ0) is 24.8. The highest BCUT2D eigenvalue weighted by atomic mass is 32.1. The van der Waals surface area contributed by atoms with Crippen molar-refractivity contribution in [1.82, 2.24) is 14.9 Å². The number of amides is 1. The first-order valence-corrected chi connectivity index (χ1v) is 11.9. The van der Waals surface area contributed by atoms with E-state index in [-0.39, 0.29) is 22.6 Å². The Bertz CT molecular complexity index is 1460. The van der Waals surface area contributed by atoms with Gasteiger partial charge in [0.05, 0.1) is 27.2 Å². The molecule has 1 amide bonds. The standard InChI is InChI=1S/C26H23FN4O3S/c1-3-31(4-2)13-5-6-19-15-21-25(35-19)23(11-12-28-21)34-22-9-8-18(14-20(22)27)30-26(33)17-7-10-24(32)29-16-17/h7-12,14-16H,3-4,13H2,1-2H3,(H,29,32)(H,30,33). The summed E-state index contributed by atoms with van der Waals surface area (Å²) < 4.78 is 21.4. The number of benzene rings is 1. The molecule has 0 atom stereocenters. The highest BCUT2D eigenvalue weighted by molar-refractivity contribution is 7.19. The van der Waals surface area contributed by atoms with Crippen molar-refractivity contribution in [3.05, 3.63) is 81.5 Å². The first-order chi connectivity index (χ1) is 17.0. The zero-order valence-corrected chi connectivity index (χ0v) is 20.0. The lowest BCUT2D eigenvalue weighted by Crippen LogP contribution is -2.22. The van der Waals surface area contributed by atoms with Crippen LogP contribution in [-0.2, 0) is 0 Å². The van der Waals surface area contributed by atoms with Crippen LogP contribution in [-0.4, -0.2) is 40.4 Å². The van der Waals surface area contributed by atoms with Gasteiger partial charge in [0.15, 0.2) is 11.6 Å². The normalized spacial score (nSPS) is 10.7. The highest BCUT2D eigenvalue weighted by Crippen LogP contribution is 2.35. The number of pyridine rings is 2. The molecule has 1 aromatic carbocycles. The van der Waals surface area contributed by atoms with Crippen LogP contribution in [0.4, 0.5) is 10.1 Å². The number of hydrogen-bond donors (Lipinski definition) is 2. The fourth-order valence-corrected chi connectivity index (χ4v) is 4.22. The van der Waals surface area contributed by atoms with Gasteiger partial charge in [-0.15, -0.1) is 11.3 Å². The summed E-state index contributed by atoms with van der Waals surface area (Å²) in [6.45, 7) is 6.78. The van der Waals surface area contributed by atoms with E-state index in [9.17, 15) is 14.0 Å². The molecular weight excluding hydrogens is 467 g/mol. The number of aromatic nitrogens is 2. The molecule has 0 aliphatic rings. The van der Waals surface area contributed by atoms with Crippen LogP contribution in [0.2, 0.25) is 0 Å². The second-order valence-corrected chi connectivity index (χ2v) is 8.59. The highest BCUT2D eigenvalue weighted by Gasteiger charge is 2.13. The molecular formula is C26H23FN4O3S. The second-order valence-electron chi connectivity index (χ2n) is 7.54. The van der Waals surface area contributed by atoms with Gasteiger partial charge in [-0.1, -0.05) is 25.7 Å². The van der Waals surface area contributed by atoms with Gasteiger partial charge in [0, 0.05) is 36.3 Å². The third-order valence-electron chi connectivity index (χ3n) is 5.24. The van der Waals surface area contributed by atoms with Gasteiger partial charge < -0.3 is 15.0 Å². The number of carbonyl (C=O) groups is 1. The molecule has 35 heavy (non-hydrogen) atoms. The number of rotatable bonds is 7. The minimum atomic E-state index is -0.634. The molecule has 7 nitrogen and oxygen atoms in total. The van der Waals surface area contributed by atoms with Crippen LogP contribution < -0.4 is 15.6 Å². The first-order valence-electron chi connectivity index (χ1n) is 11.0. The average molecular weight is 491 g/mol. The summed E-state index contributed by atoms with van der Waals surface area (Å²) in [5.41, 5.74) is 0.916. The van der Waals surface area contributed by atoms with Crippen molar-refractivity contribution in [1.29, 1.82) is 0 Å². The Balaban J connectivity index is 1.50. The van der Waals surface area contributed by atoms with Gasteiger partial charge in [0.25, 0.3) is 5.91 Å². The Labute approximate surface area is 205 Å². The van der Waals surface area contributed by atoms with Gasteiger partial charge in [-0.05, 0) is 37.4 Å². The van der Waals surface area contributed by atoms with Crippen molar-refractivity contribution >= 4 is 33.1 Å². The molecule has 0 radical (unpaired) electrons. The number of anilines is 1. The van der Waals surface area contributed by atoms with Crippen molar-refractivity contribution in [2.24, 2.45) is 0 Å². The topological polar surface area (TPSA) is 87.3 Å². The summed E-state index contributed by atoms with van der Waals surface area (Å²) in [4.78, 5) is 33.3. The molecule has 0 fully saturated rings. The molecule has 0 aliphatic heterocycles. The van der Waals surface area contributed by atoms with Gasteiger partial charge in [0.1, 0.15) is 5.75 Å². The van der Waals surface area contributed by atoms with Crippen LogP contribution in [0.3, 0.4) is 0 Å². The maximum atomic E-state index is 14.8. The minimum Gasteiger partial charge on any atom is -0.453 e. The molecule has 0 saturated heterocycles. The number of nitrogens with one attached hydrogen (secondary N) is 2. The first kappa shape index (κ1) is 24.1. The number of thiophene rings is 1. The summed E-state index contributed by atoms with van der Waals surface area (Å²) in [6.07, 6.45) is 2.90. The number of halogens is 1. The monoisotopic (exact) mass is 490 g/mol. The molecule has 3 heterocycles. The fraction of sp³-hybridized carbons (Fsp3) is 0.192. The largest absolute Gasteiger partial charge is 0.453 e. The number of nitrogens with zero attached hydrogens (tertiary/aromatic N) is 2. The van der Waals surface area contributed by atoms with E-state index in [0.717, 1.165) is 28.2 Å². The molecule has 178 valence electrons. The summed E-state index contributed by atoms with van der Waals surface area (Å²) >= 11 is 1.44. The van der Waals surface area contributed by atoms with E-state index in [0.29, 0.717) is 12.3 Å². The van der Waals surface area contributed by atoms with E-state index < -0.39 is 11.7 Å². The van der Waals surface area contributed by atoms with Crippen LogP contribution in [0.1, 0.15) is 29.1 Å². The number of H-pyrrole nitrogens is 1. The summed E-state index contributed by atoms with van der Waals surface area (Å²) in [5.74, 6) is 5.74. The number of carbonyl (C=O) groups excluding carboxylic acids is 1. The van der Waals surface area contributed by atoms with Crippen LogP contribution >= 0.6 is 11.3 Å². The van der Waals surface area contributed by atoms with Crippen molar-refractivity contribution in [3.8, 4) is 23.3 Å². The minimum absolute atomic E-state index is 0.0158. The maximum Gasteiger partial charge on any atom is 0.257 e. The molecule has 0 bridgehead atoms. The number of aromatic amines is 1. The van der Waals surface area contributed by atoms with E-state index in [4.69, 9.17) is 4.74 Å². The third kappa shape index (κ3) is 5.93. The smallest absolute Gasteiger partial charge is 0.257 e. The predicted octanol–water partition coefficient (Wildman–Crippen LogP) is 4.86.